The Morgan fingerprint density at radius 1 is 1.20 bits per heavy atom. The van der Waals surface area contributed by atoms with Gasteiger partial charge in [0.2, 0.25) is 5.91 Å². The first-order chi connectivity index (χ1) is 14.4. The third kappa shape index (κ3) is 3.56. The monoisotopic (exact) mass is 425 g/mol. The van der Waals surface area contributed by atoms with E-state index >= 15 is 0 Å². The number of anilines is 2. The number of amides is 2. The van der Waals surface area contributed by atoms with Crippen molar-refractivity contribution in [3.63, 3.8) is 0 Å². The number of hydrogen-bond donors (Lipinski definition) is 2. The highest BCUT2D eigenvalue weighted by atomic mass is 32.1. The van der Waals surface area contributed by atoms with Crippen molar-refractivity contribution in [2.45, 2.75) is 26.2 Å². The number of primary amides is 1. The molecule has 156 valence electrons. The van der Waals surface area contributed by atoms with Crippen LogP contribution in [0.1, 0.15) is 44.9 Å². The fourth-order valence-electron chi connectivity index (χ4n) is 3.80. The van der Waals surface area contributed by atoms with Crippen LogP contribution < -0.4 is 21.5 Å². The number of hydrogen-bond acceptors (Lipinski definition) is 6. The van der Waals surface area contributed by atoms with Crippen LogP contribution >= 0.6 is 11.3 Å². The SMILES string of the molecule is Cc1c(C(=O)Nc2cc(C(N)=O)ccc2N2CCCCC2)sc2ncn(C)c(=O)c12. The van der Waals surface area contributed by atoms with Gasteiger partial charge in [-0.3, -0.25) is 14.4 Å². The molecule has 2 amide bonds. The molecule has 30 heavy (non-hydrogen) atoms. The van der Waals surface area contributed by atoms with Gasteiger partial charge in [-0.05, 0) is 49.9 Å². The van der Waals surface area contributed by atoms with E-state index in [-0.39, 0.29) is 11.5 Å². The molecule has 1 saturated heterocycles. The molecule has 1 aromatic carbocycles. The van der Waals surface area contributed by atoms with E-state index in [9.17, 15) is 14.4 Å². The molecule has 0 saturated carbocycles. The van der Waals surface area contributed by atoms with Crippen molar-refractivity contribution in [2.75, 3.05) is 23.3 Å². The molecule has 1 aliphatic rings. The topological polar surface area (TPSA) is 110 Å². The molecular weight excluding hydrogens is 402 g/mol. The van der Waals surface area contributed by atoms with Gasteiger partial charge < -0.3 is 20.5 Å². The number of fused-ring (bicyclic) bond motifs is 1. The molecule has 0 spiro atoms. The highest BCUT2D eigenvalue weighted by Crippen LogP contribution is 2.32. The number of rotatable bonds is 4. The Bertz CT molecular complexity index is 1210. The number of thiophene rings is 1. The minimum atomic E-state index is -0.554. The number of nitrogens with two attached hydrogens (primary N) is 1. The summed E-state index contributed by atoms with van der Waals surface area (Å²) < 4.78 is 1.40. The number of carbonyl (C=O) groups excluding carboxylic acids is 2. The Balaban J connectivity index is 1.73. The molecule has 8 nitrogen and oxygen atoms in total. The number of nitrogens with zero attached hydrogens (tertiary/aromatic N) is 3. The lowest BCUT2D eigenvalue weighted by Gasteiger charge is -2.30. The van der Waals surface area contributed by atoms with Crippen LogP contribution in [-0.2, 0) is 7.05 Å². The molecule has 0 unspecified atom stereocenters. The summed E-state index contributed by atoms with van der Waals surface area (Å²) in [5, 5.41) is 3.40. The minimum absolute atomic E-state index is 0.183. The van der Waals surface area contributed by atoms with E-state index in [0.717, 1.165) is 31.6 Å². The van der Waals surface area contributed by atoms with Gasteiger partial charge in [-0.2, -0.15) is 0 Å². The average molecular weight is 426 g/mol. The zero-order valence-electron chi connectivity index (χ0n) is 16.9. The van der Waals surface area contributed by atoms with E-state index < -0.39 is 5.91 Å². The summed E-state index contributed by atoms with van der Waals surface area (Å²) >= 11 is 1.18. The summed E-state index contributed by atoms with van der Waals surface area (Å²) in [6.45, 7) is 3.53. The van der Waals surface area contributed by atoms with Gasteiger partial charge in [0, 0.05) is 25.7 Å². The molecule has 1 aliphatic heterocycles. The normalized spacial score (nSPS) is 14.1. The lowest BCUT2D eigenvalue weighted by molar-refractivity contribution is 0.0996. The van der Waals surface area contributed by atoms with Gasteiger partial charge in [0.25, 0.3) is 11.5 Å². The second-order valence-corrected chi connectivity index (χ2v) is 8.49. The number of carbonyl (C=O) groups is 2. The number of nitrogens with one attached hydrogen (secondary N) is 1. The molecular formula is C21H23N5O3S. The van der Waals surface area contributed by atoms with E-state index in [4.69, 9.17) is 5.73 Å². The highest BCUT2D eigenvalue weighted by molar-refractivity contribution is 7.20. The molecule has 0 bridgehead atoms. The predicted octanol–water partition coefficient (Wildman–Crippen LogP) is 2.64. The van der Waals surface area contributed by atoms with E-state index in [1.54, 1.807) is 26.1 Å². The zero-order valence-corrected chi connectivity index (χ0v) is 17.7. The third-order valence-corrected chi connectivity index (χ3v) is 6.64. The molecule has 9 heteroatoms. The first-order valence-electron chi connectivity index (χ1n) is 9.81. The van der Waals surface area contributed by atoms with Crippen molar-refractivity contribution < 1.29 is 9.59 Å². The lowest BCUT2D eigenvalue weighted by Crippen LogP contribution is -2.30. The fraction of sp³-hybridized carbons (Fsp3) is 0.333. The second kappa shape index (κ2) is 7.91. The summed E-state index contributed by atoms with van der Waals surface area (Å²) in [5.41, 5.74) is 7.60. The van der Waals surface area contributed by atoms with Crippen LogP contribution in [0.15, 0.2) is 29.3 Å². The van der Waals surface area contributed by atoms with Crippen LogP contribution in [0.25, 0.3) is 10.2 Å². The fourth-order valence-corrected chi connectivity index (χ4v) is 4.84. The quantitative estimate of drug-likeness (QED) is 0.668. The predicted molar refractivity (Wildman–Crippen MR) is 119 cm³/mol. The maximum Gasteiger partial charge on any atom is 0.266 e. The average Bonchev–Trinajstić information content (AvgIpc) is 3.08. The van der Waals surface area contributed by atoms with Gasteiger partial charge in [-0.1, -0.05) is 0 Å². The van der Waals surface area contributed by atoms with Crippen molar-refractivity contribution in [3.05, 3.63) is 50.9 Å². The van der Waals surface area contributed by atoms with Gasteiger partial charge >= 0.3 is 0 Å². The van der Waals surface area contributed by atoms with E-state index in [0.29, 0.717) is 31.9 Å². The third-order valence-electron chi connectivity index (χ3n) is 5.44. The molecule has 3 N–H and O–H groups in total. The number of aromatic nitrogens is 2. The molecule has 1 fully saturated rings. The maximum absolute atomic E-state index is 13.1. The Morgan fingerprint density at radius 2 is 1.93 bits per heavy atom. The number of aryl methyl sites for hydroxylation is 2. The molecule has 0 radical (unpaired) electrons. The largest absolute Gasteiger partial charge is 0.370 e. The van der Waals surface area contributed by atoms with Gasteiger partial charge in [-0.15, -0.1) is 11.3 Å². The summed E-state index contributed by atoms with van der Waals surface area (Å²) in [5.74, 6) is -0.890. The zero-order chi connectivity index (χ0) is 21.4. The highest BCUT2D eigenvalue weighted by Gasteiger charge is 2.22. The molecule has 0 atom stereocenters. The van der Waals surface area contributed by atoms with Gasteiger partial charge in [0.15, 0.2) is 0 Å². The number of piperidine rings is 1. The van der Waals surface area contributed by atoms with Crippen LogP contribution in [0.2, 0.25) is 0 Å². The summed E-state index contributed by atoms with van der Waals surface area (Å²) in [6, 6.07) is 5.13. The van der Waals surface area contributed by atoms with Crippen molar-refractivity contribution in [2.24, 2.45) is 12.8 Å². The van der Waals surface area contributed by atoms with Crippen LogP contribution in [0.4, 0.5) is 11.4 Å². The molecule has 0 aliphatic carbocycles. The summed E-state index contributed by atoms with van der Waals surface area (Å²) in [7, 11) is 1.63. The maximum atomic E-state index is 13.1. The molecule has 3 heterocycles. The van der Waals surface area contributed by atoms with Crippen LogP contribution in [0, 0.1) is 6.92 Å². The van der Waals surface area contributed by atoms with Gasteiger partial charge in [-0.25, -0.2) is 4.98 Å². The van der Waals surface area contributed by atoms with Crippen molar-refractivity contribution in [3.8, 4) is 0 Å². The van der Waals surface area contributed by atoms with E-state index in [2.05, 4.69) is 15.2 Å². The van der Waals surface area contributed by atoms with Crippen LogP contribution in [0.3, 0.4) is 0 Å². The van der Waals surface area contributed by atoms with Gasteiger partial charge in [0.05, 0.1) is 28.0 Å². The Hall–Kier alpha value is -3.20. The minimum Gasteiger partial charge on any atom is -0.370 e. The molecule has 2 aromatic heterocycles. The van der Waals surface area contributed by atoms with E-state index in [1.165, 1.54) is 28.7 Å². The standard InChI is InChI=1S/C21H23N5O3S/c1-12-16-20(23-11-25(2)21(16)29)30-17(12)19(28)24-14-10-13(18(22)27)6-7-15(14)26-8-4-3-5-9-26/h6-7,10-11H,3-5,8-9H2,1-2H3,(H2,22,27)(H,24,28). The first-order valence-corrected chi connectivity index (χ1v) is 10.6. The van der Waals surface area contributed by atoms with Crippen molar-refractivity contribution >= 4 is 44.7 Å². The van der Waals surface area contributed by atoms with Crippen LogP contribution in [-0.4, -0.2) is 34.5 Å². The lowest BCUT2D eigenvalue weighted by atomic mass is 10.1. The number of benzene rings is 1. The Kier molecular flexibility index (Phi) is 5.29. The smallest absolute Gasteiger partial charge is 0.266 e. The summed E-state index contributed by atoms with van der Waals surface area (Å²) in [4.78, 5) is 44.7. The van der Waals surface area contributed by atoms with Crippen molar-refractivity contribution in [1.82, 2.24) is 9.55 Å². The van der Waals surface area contributed by atoms with Crippen molar-refractivity contribution in [1.29, 1.82) is 0 Å². The Labute approximate surface area is 177 Å². The summed E-state index contributed by atoms with van der Waals surface area (Å²) in [6.07, 6.45) is 4.79. The Morgan fingerprint density at radius 3 is 2.63 bits per heavy atom. The van der Waals surface area contributed by atoms with Gasteiger partial charge in [0.1, 0.15) is 4.83 Å². The van der Waals surface area contributed by atoms with E-state index in [1.807, 2.05) is 6.07 Å². The molecule has 4 rings (SSSR count). The second-order valence-electron chi connectivity index (χ2n) is 7.49. The van der Waals surface area contributed by atoms with Crippen LogP contribution in [0.5, 0.6) is 0 Å². The molecule has 3 aromatic rings. The first kappa shape index (κ1) is 20.1.